The minimum Gasteiger partial charge on any atom is -0.394 e. The lowest BCUT2D eigenvalue weighted by molar-refractivity contribution is -0.0167. The number of aliphatic hydroxyl groups is 1. The molecule has 0 spiro atoms. The van der Waals surface area contributed by atoms with E-state index in [-0.39, 0.29) is 6.61 Å². The van der Waals surface area contributed by atoms with E-state index in [0.717, 1.165) is 0 Å². The highest BCUT2D eigenvalue weighted by Crippen LogP contribution is 2.31. The summed E-state index contributed by atoms with van der Waals surface area (Å²) in [7, 11) is 2.84. The van der Waals surface area contributed by atoms with E-state index in [0.29, 0.717) is 19.6 Å². The van der Waals surface area contributed by atoms with E-state index in [4.69, 9.17) is 37.6 Å². The normalized spacial score (nSPS) is 33.9. The lowest BCUT2D eigenvalue weighted by Gasteiger charge is -2.18. The maximum Gasteiger partial charge on any atom is 0.695 e. The molecule has 1 fully saturated rings. The molecular formula is C8H16BNO6P+. The summed E-state index contributed by atoms with van der Waals surface area (Å²) in [5.41, 5.74) is 5.32. The van der Waals surface area contributed by atoms with E-state index in [9.17, 15) is 4.57 Å². The van der Waals surface area contributed by atoms with Gasteiger partial charge < -0.3 is 20.3 Å². The van der Waals surface area contributed by atoms with Crippen LogP contribution < -0.4 is 5.73 Å². The lowest BCUT2D eigenvalue weighted by atomic mass is 9.93. The fourth-order valence-corrected chi connectivity index (χ4v) is 2.09. The second kappa shape index (κ2) is 7.38. The molecule has 0 aromatic carbocycles. The SMILES string of the molecule is [B][C@@H]1O[C@H](CO)C(O[P+](=O)O)C1OCCCN. The van der Waals surface area contributed by atoms with E-state index in [2.05, 4.69) is 0 Å². The van der Waals surface area contributed by atoms with Crippen LogP contribution in [0.5, 0.6) is 0 Å². The Bertz CT molecular complexity index is 258. The summed E-state index contributed by atoms with van der Waals surface area (Å²) in [6, 6.07) is -0.801. The van der Waals surface area contributed by atoms with Crippen LogP contribution in [-0.4, -0.2) is 61.9 Å². The molecule has 1 aliphatic rings. The lowest BCUT2D eigenvalue weighted by Crippen LogP contribution is -2.38. The molecule has 2 radical (unpaired) electrons. The van der Waals surface area contributed by atoms with E-state index < -0.39 is 32.6 Å². The fourth-order valence-electron chi connectivity index (χ4n) is 1.63. The van der Waals surface area contributed by atoms with Crippen LogP contribution in [0.15, 0.2) is 0 Å². The van der Waals surface area contributed by atoms with Gasteiger partial charge >= 0.3 is 8.25 Å². The molecule has 0 aromatic rings. The molecule has 1 heterocycles. The van der Waals surface area contributed by atoms with Crippen molar-refractivity contribution in [3.8, 4) is 0 Å². The van der Waals surface area contributed by atoms with Crippen molar-refractivity contribution >= 4 is 16.1 Å². The van der Waals surface area contributed by atoms with Crippen LogP contribution in [0.25, 0.3) is 0 Å². The van der Waals surface area contributed by atoms with E-state index >= 15 is 0 Å². The summed E-state index contributed by atoms with van der Waals surface area (Å²) in [6.07, 6.45) is -1.68. The van der Waals surface area contributed by atoms with Gasteiger partial charge in [0, 0.05) is 17.2 Å². The molecule has 9 heteroatoms. The summed E-state index contributed by atoms with van der Waals surface area (Å²) >= 11 is 0. The number of ether oxygens (including phenoxy) is 2. The van der Waals surface area contributed by atoms with Gasteiger partial charge in [0.2, 0.25) is 0 Å². The minimum atomic E-state index is -2.81. The second-order valence-corrected chi connectivity index (χ2v) is 4.29. The molecule has 7 nitrogen and oxygen atoms in total. The van der Waals surface area contributed by atoms with Crippen molar-refractivity contribution < 1.29 is 28.6 Å². The molecule has 0 amide bonds. The predicted molar refractivity (Wildman–Crippen MR) is 59.6 cm³/mol. The Morgan fingerprint density at radius 2 is 2.18 bits per heavy atom. The summed E-state index contributed by atoms with van der Waals surface area (Å²) in [5.74, 6) is 0. The number of rotatable bonds is 7. The van der Waals surface area contributed by atoms with Gasteiger partial charge in [-0.25, -0.2) is 0 Å². The molecule has 3 unspecified atom stereocenters. The van der Waals surface area contributed by atoms with Crippen molar-refractivity contribution in [1.29, 1.82) is 0 Å². The number of nitrogens with two attached hydrogens (primary N) is 1. The van der Waals surface area contributed by atoms with Crippen LogP contribution in [0.1, 0.15) is 6.42 Å². The highest BCUT2D eigenvalue weighted by atomic mass is 31.1. The Morgan fingerprint density at radius 3 is 2.71 bits per heavy atom. The maximum absolute atomic E-state index is 10.7. The molecule has 96 valence electrons. The molecular weight excluding hydrogens is 248 g/mol. The first-order valence-electron chi connectivity index (χ1n) is 5.26. The average molecular weight is 264 g/mol. The molecule has 0 bridgehead atoms. The summed E-state index contributed by atoms with van der Waals surface area (Å²) in [5, 5.41) is 9.04. The van der Waals surface area contributed by atoms with Crippen molar-refractivity contribution in [2.24, 2.45) is 5.73 Å². The first-order valence-corrected chi connectivity index (χ1v) is 6.39. The van der Waals surface area contributed by atoms with Crippen molar-refractivity contribution in [3.05, 3.63) is 0 Å². The van der Waals surface area contributed by atoms with Gasteiger partial charge in [0.1, 0.15) is 20.1 Å². The largest absolute Gasteiger partial charge is 0.695 e. The molecule has 17 heavy (non-hydrogen) atoms. The zero-order valence-corrected chi connectivity index (χ0v) is 10.2. The molecule has 5 atom stereocenters. The van der Waals surface area contributed by atoms with Crippen molar-refractivity contribution in [2.75, 3.05) is 19.8 Å². The van der Waals surface area contributed by atoms with Gasteiger partial charge in [-0.2, -0.15) is 0 Å². The molecule has 0 saturated carbocycles. The van der Waals surface area contributed by atoms with Crippen molar-refractivity contribution in [2.45, 2.75) is 30.7 Å². The Balaban J connectivity index is 2.58. The molecule has 4 N–H and O–H groups in total. The van der Waals surface area contributed by atoms with Crippen LogP contribution in [0, 0.1) is 0 Å². The third kappa shape index (κ3) is 4.26. The third-order valence-electron chi connectivity index (χ3n) is 2.40. The van der Waals surface area contributed by atoms with Gasteiger partial charge in [0.15, 0.2) is 6.10 Å². The Hall–Kier alpha value is -0.0751. The van der Waals surface area contributed by atoms with Crippen LogP contribution >= 0.6 is 8.25 Å². The van der Waals surface area contributed by atoms with Gasteiger partial charge in [0.25, 0.3) is 0 Å². The van der Waals surface area contributed by atoms with E-state index in [1.807, 2.05) is 0 Å². The predicted octanol–water partition coefficient (Wildman–Crippen LogP) is -1.36. The van der Waals surface area contributed by atoms with Gasteiger partial charge in [-0.3, -0.25) is 0 Å². The average Bonchev–Trinajstić information content (AvgIpc) is 2.56. The van der Waals surface area contributed by atoms with Gasteiger partial charge in [-0.1, -0.05) is 0 Å². The Kier molecular flexibility index (Phi) is 6.50. The van der Waals surface area contributed by atoms with Gasteiger partial charge in [0.05, 0.1) is 6.61 Å². The summed E-state index contributed by atoms with van der Waals surface area (Å²) in [6.45, 7) is 0.447. The number of aliphatic hydroxyl groups excluding tert-OH is 1. The van der Waals surface area contributed by atoms with Crippen LogP contribution in [0.4, 0.5) is 0 Å². The molecule has 1 rings (SSSR count). The number of hydrogen-bond donors (Lipinski definition) is 3. The zero-order valence-electron chi connectivity index (χ0n) is 9.27. The molecule has 0 aromatic heterocycles. The maximum atomic E-state index is 10.7. The topological polar surface area (TPSA) is 111 Å². The summed E-state index contributed by atoms with van der Waals surface area (Å²) < 4.78 is 26.0. The van der Waals surface area contributed by atoms with Crippen molar-refractivity contribution in [3.63, 3.8) is 0 Å². The Morgan fingerprint density at radius 1 is 1.47 bits per heavy atom. The van der Waals surface area contributed by atoms with Crippen LogP contribution in [0.3, 0.4) is 0 Å². The van der Waals surface area contributed by atoms with E-state index in [1.54, 1.807) is 0 Å². The van der Waals surface area contributed by atoms with Crippen molar-refractivity contribution in [1.82, 2.24) is 0 Å². The molecule has 1 aliphatic heterocycles. The molecule has 0 aliphatic carbocycles. The smallest absolute Gasteiger partial charge is 0.394 e. The van der Waals surface area contributed by atoms with Gasteiger partial charge in [-0.15, -0.1) is 9.42 Å². The third-order valence-corrected chi connectivity index (χ3v) is 2.82. The highest BCUT2D eigenvalue weighted by Gasteiger charge is 2.48. The first kappa shape index (κ1) is 15.0. The molecule has 1 saturated heterocycles. The van der Waals surface area contributed by atoms with E-state index in [1.165, 1.54) is 0 Å². The monoisotopic (exact) mass is 264 g/mol. The zero-order chi connectivity index (χ0) is 12.8. The first-order chi connectivity index (χ1) is 8.10. The van der Waals surface area contributed by atoms with Crippen LogP contribution in [0.2, 0.25) is 0 Å². The number of hydrogen-bond acceptors (Lipinski definition) is 6. The second-order valence-electron chi connectivity index (χ2n) is 3.61. The van der Waals surface area contributed by atoms with Crippen LogP contribution in [-0.2, 0) is 18.6 Å². The summed E-state index contributed by atoms with van der Waals surface area (Å²) in [4.78, 5) is 8.74. The van der Waals surface area contributed by atoms with Gasteiger partial charge in [-0.05, 0) is 13.0 Å². The standard InChI is InChI=1S/C8H15BNO6P/c9-8-7(14-3-1-2-10)6(16-17(12)13)5(4-11)15-8/h5-8,11H,1-4,10H2/p+1/t5-,6?,7?,8-/m1/s1. The highest BCUT2D eigenvalue weighted by molar-refractivity contribution is 7.32. The minimum absolute atomic E-state index is 0.346. The Labute approximate surface area is 102 Å². The fraction of sp³-hybridized carbons (Fsp3) is 1.00. The quantitative estimate of drug-likeness (QED) is 0.296.